The van der Waals surface area contributed by atoms with Gasteiger partial charge in [0.25, 0.3) is 0 Å². The first-order valence-electron chi connectivity index (χ1n) is 7.69. The van der Waals surface area contributed by atoms with Crippen molar-refractivity contribution in [2.75, 3.05) is 0 Å². The molecule has 0 saturated carbocycles. The summed E-state index contributed by atoms with van der Waals surface area (Å²) in [6.45, 7) is 3.68. The maximum absolute atomic E-state index is 12.6. The monoisotopic (exact) mass is 377 g/mol. The molecule has 0 aliphatic heterocycles. The molecule has 0 amide bonds. The van der Waals surface area contributed by atoms with Gasteiger partial charge < -0.3 is 4.84 Å². The predicted molar refractivity (Wildman–Crippen MR) is 95.6 cm³/mol. The van der Waals surface area contributed by atoms with E-state index in [0.717, 1.165) is 44.8 Å². The predicted octanol–water partition coefficient (Wildman–Crippen LogP) is 5.81. The highest BCUT2D eigenvalue weighted by Gasteiger charge is 2.30. The second-order valence-corrected chi connectivity index (χ2v) is 6.74. The number of hydrogen-bond acceptors (Lipinski definition) is 4. The summed E-state index contributed by atoms with van der Waals surface area (Å²) in [7, 11) is 0. The van der Waals surface area contributed by atoms with Gasteiger partial charge >= 0.3 is 12.1 Å². The third-order valence-corrected chi connectivity index (χ3v) is 5.27. The van der Waals surface area contributed by atoms with Gasteiger partial charge in [-0.3, -0.25) is 0 Å². The van der Waals surface area contributed by atoms with Gasteiger partial charge in [0.05, 0.1) is 21.7 Å². The lowest BCUT2D eigenvalue weighted by Gasteiger charge is -2.06. The zero-order chi connectivity index (χ0) is 18.9. The third kappa shape index (κ3) is 3.62. The van der Waals surface area contributed by atoms with E-state index in [-0.39, 0.29) is 5.56 Å². The summed E-state index contributed by atoms with van der Waals surface area (Å²) in [5, 5.41) is 4.96. The Morgan fingerprint density at radius 2 is 1.73 bits per heavy atom. The van der Waals surface area contributed by atoms with Gasteiger partial charge in [-0.15, -0.1) is 11.3 Å². The van der Waals surface area contributed by atoms with Crippen molar-refractivity contribution in [3.8, 4) is 0 Å². The van der Waals surface area contributed by atoms with Crippen molar-refractivity contribution >= 4 is 33.1 Å². The molecular formula is C19H14F3NO2S. The molecule has 26 heavy (non-hydrogen) atoms. The molecule has 0 fully saturated rings. The lowest BCUT2D eigenvalue weighted by atomic mass is 10.1. The summed E-state index contributed by atoms with van der Waals surface area (Å²) >= 11 is 1.54. The number of thiophene rings is 1. The van der Waals surface area contributed by atoms with Crippen LogP contribution < -0.4 is 0 Å². The Kier molecular flexibility index (Phi) is 4.82. The van der Waals surface area contributed by atoms with Crippen molar-refractivity contribution in [3.63, 3.8) is 0 Å². The highest BCUT2D eigenvalue weighted by Crippen LogP contribution is 2.31. The van der Waals surface area contributed by atoms with E-state index in [4.69, 9.17) is 4.84 Å². The molecule has 0 N–H and O–H groups in total. The van der Waals surface area contributed by atoms with Gasteiger partial charge in [0, 0.05) is 4.70 Å². The fraction of sp³-hybridized carbons (Fsp3) is 0.158. The number of fused-ring (bicyclic) bond motifs is 1. The molecule has 3 nitrogen and oxygen atoms in total. The first-order chi connectivity index (χ1) is 12.3. The number of aryl methyl sites for hydroxylation is 1. The summed E-state index contributed by atoms with van der Waals surface area (Å²) in [4.78, 5) is 17.8. The highest BCUT2D eigenvalue weighted by atomic mass is 32.1. The van der Waals surface area contributed by atoms with Crippen LogP contribution in [-0.4, -0.2) is 11.7 Å². The standard InChI is InChI=1S/C19H14F3NO2S/c1-11-15-5-3-4-6-16(15)26-17(11)12(2)23-25-18(24)13-7-9-14(10-8-13)19(20,21)22/h3-10H,1-2H3/b23-12+. The minimum absolute atomic E-state index is 0.00242. The van der Waals surface area contributed by atoms with Gasteiger partial charge in [-0.1, -0.05) is 23.4 Å². The molecule has 1 aromatic heterocycles. The quantitative estimate of drug-likeness (QED) is 0.328. The van der Waals surface area contributed by atoms with Gasteiger partial charge in [-0.05, 0) is 55.1 Å². The Hall–Kier alpha value is -2.67. The molecule has 0 atom stereocenters. The smallest absolute Gasteiger partial charge is 0.313 e. The Balaban J connectivity index is 1.77. The number of rotatable bonds is 3. The molecule has 0 unspecified atom stereocenters. The molecule has 0 aliphatic rings. The summed E-state index contributed by atoms with van der Waals surface area (Å²) in [6.07, 6.45) is -4.45. The number of hydrogen-bond donors (Lipinski definition) is 0. The molecule has 0 spiro atoms. The van der Waals surface area contributed by atoms with Gasteiger partial charge in [0.2, 0.25) is 0 Å². The fourth-order valence-electron chi connectivity index (χ4n) is 2.52. The average Bonchev–Trinajstić information content (AvgIpc) is 2.96. The van der Waals surface area contributed by atoms with Crippen molar-refractivity contribution in [2.24, 2.45) is 5.16 Å². The molecule has 3 rings (SSSR count). The lowest BCUT2D eigenvalue weighted by Crippen LogP contribution is -2.07. The van der Waals surface area contributed by atoms with Crippen molar-refractivity contribution in [3.05, 3.63) is 70.1 Å². The summed E-state index contributed by atoms with van der Waals surface area (Å²) in [5.74, 6) is -0.808. The van der Waals surface area contributed by atoms with Gasteiger partial charge in [-0.25, -0.2) is 4.79 Å². The summed E-state index contributed by atoms with van der Waals surface area (Å²) < 4.78 is 38.8. The topological polar surface area (TPSA) is 38.7 Å². The molecule has 134 valence electrons. The second-order valence-electron chi connectivity index (χ2n) is 5.68. The Labute approximate surface area is 151 Å². The van der Waals surface area contributed by atoms with Crippen LogP contribution in [0.5, 0.6) is 0 Å². The first kappa shape index (κ1) is 18.1. The molecule has 3 aromatic rings. The maximum atomic E-state index is 12.6. The Bertz CT molecular complexity index is 988. The molecule has 7 heteroatoms. The van der Waals surface area contributed by atoms with E-state index in [1.165, 1.54) is 11.3 Å². The zero-order valence-electron chi connectivity index (χ0n) is 13.9. The Morgan fingerprint density at radius 1 is 1.08 bits per heavy atom. The van der Waals surface area contributed by atoms with Crippen LogP contribution in [0.1, 0.15) is 33.3 Å². The average molecular weight is 377 g/mol. The van der Waals surface area contributed by atoms with E-state index in [2.05, 4.69) is 5.16 Å². The molecule has 2 aromatic carbocycles. The van der Waals surface area contributed by atoms with Crippen LogP contribution in [0.3, 0.4) is 0 Å². The van der Waals surface area contributed by atoms with Crippen LogP contribution in [0.25, 0.3) is 10.1 Å². The first-order valence-corrected chi connectivity index (χ1v) is 8.50. The fourth-order valence-corrected chi connectivity index (χ4v) is 3.66. The molecular weight excluding hydrogens is 363 g/mol. The van der Waals surface area contributed by atoms with Gasteiger partial charge in [0.15, 0.2) is 0 Å². The van der Waals surface area contributed by atoms with E-state index in [1.54, 1.807) is 6.92 Å². The maximum Gasteiger partial charge on any atom is 0.416 e. The molecule has 1 heterocycles. The van der Waals surface area contributed by atoms with E-state index >= 15 is 0 Å². The molecule has 0 aliphatic carbocycles. The minimum Gasteiger partial charge on any atom is -0.313 e. The van der Waals surface area contributed by atoms with E-state index in [1.807, 2.05) is 31.2 Å². The molecule has 0 radical (unpaired) electrons. The van der Waals surface area contributed by atoms with Crippen molar-refractivity contribution < 1.29 is 22.8 Å². The van der Waals surface area contributed by atoms with Crippen LogP contribution in [0.4, 0.5) is 13.2 Å². The summed E-state index contributed by atoms with van der Waals surface area (Å²) in [5.41, 5.74) is 0.749. The van der Waals surface area contributed by atoms with Crippen molar-refractivity contribution in [1.29, 1.82) is 0 Å². The number of nitrogens with zero attached hydrogens (tertiary/aromatic N) is 1. The number of halogens is 3. The molecule has 0 bridgehead atoms. The normalized spacial score (nSPS) is 12.4. The zero-order valence-corrected chi connectivity index (χ0v) is 14.7. The minimum atomic E-state index is -4.45. The largest absolute Gasteiger partial charge is 0.416 e. The van der Waals surface area contributed by atoms with Crippen molar-refractivity contribution in [2.45, 2.75) is 20.0 Å². The molecule has 0 saturated heterocycles. The van der Waals surface area contributed by atoms with Crippen LogP contribution in [0.15, 0.2) is 53.7 Å². The van der Waals surface area contributed by atoms with Crippen LogP contribution in [0.2, 0.25) is 0 Å². The SMILES string of the molecule is C/C(=N\OC(=O)c1ccc(C(F)(F)F)cc1)c1sc2ccccc2c1C. The number of oxime groups is 1. The number of carbonyl (C=O) groups excluding carboxylic acids is 1. The van der Waals surface area contributed by atoms with E-state index in [9.17, 15) is 18.0 Å². The highest BCUT2D eigenvalue weighted by molar-refractivity contribution is 7.21. The lowest BCUT2D eigenvalue weighted by molar-refractivity contribution is -0.137. The number of carbonyl (C=O) groups is 1. The van der Waals surface area contributed by atoms with Gasteiger partial charge in [0.1, 0.15) is 0 Å². The number of alkyl halides is 3. The van der Waals surface area contributed by atoms with Gasteiger partial charge in [-0.2, -0.15) is 13.2 Å². The van der Waals surface area contributed by atoms with Crippen LogP contribution in [-0.2, 0) is 11.0 Å². The number of benzene rings is 2. The second kappa shape index (κ2) is 6.92. The van der Waals surface area contributed by atoms with E-state index in [0.29, 0.717) is 5.71 Å². The summed E-state index contributed by atoms with van der Waals surface area (Å²) in [6, 6.07) is 11.7. The van der Waals surface area contributed by atoms with Crippen LogP contribution in [0, 0.1) is 6.92 Å². The van der Waals surface area contributed by atoms with E-state index < -0.39 is 17.7 Å². The Morgan fingerprint density at radius 3 is 2.35 bits per heavy atom. The van der Waals surface area contributed by atoms with Crippen LogP contribution >= 0.6 is 11.3 Å². The van der Waals surface area contributed by atoms with Crippen molar-refractivity contribution in [1.82, 2.24) is 0 Å². The third-order valence-electron chi connectivity index (χ3n) is 3.89.